The molecule has 0 radical (unpaired) electrons. The normalized spacial score (nSPS) is 10.3. The van der Waals surface area contributed by atoms with Crippen molar-refractivity contribution in [3.8, 4) is 11.5 Å². The van der Waals surface area contributed by atoms with E-state index in [1.54, 1.807) is 36.4 Å². The second kappa shape index (κ2) is 5.94. The van der Waals surface area contributed by atoms with E-state index in [0.717, 1.165) is 4.47 Å². The van der Waals surface area contributed by atoms with Gasteiger partial charge in [0.2, 0.25) is 0 Å². The van der Waals surface area contributed by atoms with Crippen LogP contribution in [0.2, 0.25) is 5.02 Å². The SMILES string of the molecule is NC(=O)c1c(Br)cccc1Oc1cc(Br)ccc1Cl. The molecule has 2 aromatic carbocycles. The standard InChI is InChI=1S/C13H8Br2ClNO2/c14-7-4-5-9(16)11(6-7)19-10-3-1-2-8(15)12(10)13(17)18/h1-6H,(H2,17,18). The van der Waals surface area contributed by atoms with Crippen LogP contribution in [0.5, 0.6) is 11.5 Å². The molecule has 2 N–H and O–H groups in total. The first-order valence-electron chi connectivity index (χ1n) is 5.20. The Morgan fingerprint density at radius 3 is 2.58 bits per heavy atom. The maximum atomic E-state index is 11.5. The minimum absolute atomic E-state index is 0.276. The molecule has 0 atom stereocenters. The van der Waals surface area contributed by atoms with E-state index < -0.39 is 5.91 Å². The third kappa shape index (κ3) is 3.29. The second-order valence-corrected chi connectivity index (χ2v) is 5.83. The fraction of sp³-hybridized carbons (Fsp3) is 0. The molecular weight excluding hydrogens is 397 g/mol. The van der Waals surface area contributed by atoms with E-state index in [1.165, 1.54) is 0 Å². The summed E-state index contributed by atoms with van der Waals surface area (Å²) in [5.74, 6) is 0.215. The zero-order chi connectivity index (χ0) is 14.0. The number of nitrogens with two attached hydrogens (primary N) is 1. The molecule has 0 fully saturated rings. The molecule has 0 saturated carbocycles. The van der Waals surface area contributed by atoms with E-state index in [4.69, 9.17) is 22.1 Å². The molecule has 2 aromatic rings. The van der Waals surface area contributed by atoms with Crippen LogP contribution in [0.15, 0.2) is 45.3 Å². The molecular formula is C13H8Br2ClNO2. The molecule has 2 rings (SSSR count). The first-order chi connectivity index (χ1) is 8.99. The lowest BCUT2D eigenvalue weighted by atomic mass is 10.2. The van der Waals surface area contributed by atoms with E-state index in [0.29, 0.717) is 21.0 Å². The van der Waals surface area contributed by atoms with Gasteiger partial charge in [-0.05, 0) is 46.3 Å². The largest absolute Gasteiger partial charge is 0.455 e. The number of benzene rings is 2. The summed E-state index contributed by atoms with van der Waals surface area (Å²) in [5.41, 5.74) is 5.62. The van der Waals surface area contributed by atoms with Crippen LogP contribution in [-0.4, -0.2) is 5.91 Å². The van der Waals surface area contributed by atoms with Gasteiger partial charge in [-0.1, -0.05) is 33.6 Å². The van der Waals surface area contributed by atoms with Crippen molar-refractivity contribution >= 4 is 49.4 Å². The quantitative estimate of drug-likeness (QED) is 0.801. The number of primary amides is 1. The van der Waals surface area contributed by atoms with Crippen LogP contribution in [0.3, 0.4) is 0 Å². The lowest BCUT2D eigenvalue weighted by Gasteiger charge is -2.12. The van der Waals surface area contributed by atoms with Crippen molar-refractivity contribution in [2.75, 3.05) is 0 Å². The van der Waals surface area contributed by atoms with Crippen LogP contribution in [0.4, 0.5) is 0 Å². The number of carbonyl (C=O) groups is 1. The summed E-state index contributed by atoms with van der Waals surface area (Å²) in [4.78, 5) is 11.5. The second-order valence-electron chi connectivity index (χ2n) is 3.65. The number of carbonyl (C=O) groups excluding carboxylic acids is 1. The zero-order valence-electron chi connectivity index (χ0n) is 9.49. The Morgan fingerprint density at radius 2 is 1.89 bits per heavy atom. The Labute approximate surface area is 132 Å². The smallest absolute Gasteiger partial charge is 0.253 e. The van der Waals surface area contributed by atoms with Crippen LogP contribution in [0.1, 0.15) is 10.4 Å². The highest BCUT2D eigenvalue weighted by molar-refractivity contribution is 9.10. The lowest BCUT2D eigenvalue weighted by molar-refractivity contribution is 0.0997. The van der Waals surface area contributed by atoms with Crippen LogP contribution in [0.25, 0.3) is 0 Å². The molecule has 19 heavy (non-hydrogen) atoms. The Bertz CT molecular complexity index is 647. The van der Waals surface area contributed by atoms with Crippen molar-refractivity contribution in [1.82, 2.24) is 0 Å². The minimum atomic E-state index is -0.575. The summed E-state index contributed by atoms with van der Waals surface area (Å²) < 4.78 is 7.07. The number of halogens is 3. The molecule has 0 aliphatic rings. The van der Waals surface area contributed by atoms with Gasteiger partial charge in [-0.2, -0.15) is 0 Å². The molecule has 0 spiro atoms. The van der Waals surface area contributed by atoms with Gasteiger partial charge in [0, 0.05) is 8.95 Å². The fourth-order valence-electron chi connectivity index (χ4n) is 1.50. The first-order valence-corrected chi connectivity index (χ1v) is 7.16. The third-order valence-electron chi connectivity index (χ3n) is 2.33. The van der Waals surface area contributed by atoms with Crippen molar-refractivity contribution < 1.29 is 9.53 Å². The minimum Gasteiger partial charge on any atom is -0.455 e. The third-order valence-corrected chi connectivity index (χ3v) is 3.80. The molecule has 0 heterocycles. The van der Waals surface area contributed by atoms with E-state index in [-0.39, 0.29) is 5.56 Å². The number of hydrogen-bond acceptors (Lipinski definition) is 2. The van der Waals surface area contributed by atoms with Crippen molar-refractivity contribution in [2.45, 2.75) is 0 Å². The van der Waals surface area contributed by atoms with E-state index in [9.17, 15) is 4.79 Å². The van der Waals surface area contributed by atoms with Crippen LogP contribution >= 0.6 is 43.5 Å². The molecule has 98 valence electrons. The predicted molar refractivity (Wildman–Crippen MR) is 81.9 cm³/mol. The molecule has 0 aliphatic heterocycles. The van der Waals surface area contributed by atoms with E-state index in [1.807, 2.05) is 0 Å². The van der Waals surface area contributed by atoms with Gasteiger partial charge in [-0.15, -0.1) is 0 Å². The number of rotatable bonds is 3. The van der Waals surface area contributed by atoms with Gasteiger partial charge in [-0.3, -0.25) is 4.79 Å². The number of amides is 1. The Kier molecular flexibility index (Phi) is 4.50. The number of hydrogen-bond donors (Lipinski definition) is 1. The number of ether oxygens (including phenoxy) is 1. The van der Waals surface area contributed by atoms with E-state index in [2.05, 4.69) is 31.9 Å². The summed E-state index contributed by atoms with van der Waals surface area (Å²) >= 11 is 12.6. The molecule has 0 bridgehead atoms. The Morgan fingerprint density at radius 1 is 1.16 bits per heavy atom. The van der Waals surface area contributed by atoms with Crippen LogP contribution in [0, 0.1) is 0 Å². The predicted octanol–water partition coefficient (Wildman–Crippen LogP) is 4.76. The van der Waals surface area contributed by atoms with E-state index >= 15 is 0 Å². The zero-order valence-corrected chi connectivity index (χ0v) is 13.4. The Balaban J connectivity index is 2.46. The van der Waals surface area contributed by atoms with Crippen molar-refractivity contribution in [3.05, 3.63) is 55.9 Å². The average molecular weight is 405 g/mol. The molecule has 3 nitrogen and oxygen atoms in total. The van der Waals surface area contributed by atoms with Crippen molar-refractivity contribution in [3.63, 3.8) is 0 Å². The fourth-order valence-corrected chi connectivity index (χ4v) is 2.54. The van der Waals surface area contributed by atoms with Gasteiger partial charge in [0.25, 0.3) is 5.91 Å². The van der Waals surface area contributed by atoms with Gasteiger partial charge >= 0.3 is 0 Å². The van der Waals surface area contributed by atoms with Gasteiger partial charge in [0.15, 0.2) is 0 Å². The van der Waals surface area contributed by atoms with Gasteiger partial charge in [0.05, 0.1) is 10.6 Å². The van der Waals surface area contributed by atoms with Gasteiger partial charge < -0.3 is 10.5 Å². The van der Waals surface area contributed by atoms with Gasteiger partial charge in [-0.25, -0.2) is 0 Å². The molecule has 0 unspecified atom stereocenters. The van der Waals surface area contributed by atoms with Crippen molar-refractivity contribution in [2.24, 2.45) is 5.73 Å². The molecule has 6 heteroatoms. The molecule has 0 saturated heterocycles. The summed E-state index contributed by atoms with van der Waals surface area (Å²) in [6.07, 6.45) is 0. The monoisotopic (exact) mass is 403 g/mol. The van der Waals surface area contributed by atoms with Crippen LogP contribution < -0.4 is 10.5 Å². The summed E-state index contributed by atoms with van der Waals surface area (Å²) in [5, 5.41) is 0.443. The van der Waals surface area contributed by atoms with Gasteiger partial charge in [0.1, 0.15) is 11.5 Å². The molecule has 0 aliphatic carbocycles. The molecule has 0 aromatic heterocycles. The highest BCUT2D eigenvalue weighted by Crippen LogP contribution is 2.35. The topological polar surface area (TPSA) is 52.3 Å². The Hall–Kier alpha value is -1.04. The highest BCUT2D eigenvalue weighted by atomic mass is 79.9. The maximum Gasteiger partial charge on any atom is 0.253 e. The van der Waals surface area contributed by atoms with Crippen molar-refractivity contribution in [1.29, 1.82) is 0 Å². The highest BCUT2D eigenvalue weighted by Gasteiger charge is 2.15. The van der Waals surface area contributed by atoms with Crippen LogP contribution in [-0.2, 0) is 0 Å². The summed E-state index contributed by atoms with van der Waals surface area (Å²) in [6, 6.07) is 10.3. The first kappa shape index (κ1) is 14.4. The summed E-state index contributed by atoms with van der Waals surface area (Å²) in [7, 11) is 0. The molecule has 1 amide bonds. The summed E-state index contributed by atoms with van der Waals surface area (Å²) in [6.45, 7) is 0. The lowest BCUT2D eigenvalue weighted by Crippen LogP contribution is -2.13. The maximum absolute atomic E-state index is 11.5. The average Bonchev–Trinajstić information content (AvgIpc) is 2.33.